The molecule has 0 fully saturated rings. The van der Waals surface area contributed by atoms with E-state index < -0.39 is 5.82 Å². The Morgan fingerprint density at radius 1 is 1.20 bits per heavy atom. The van der Waals surface area contributed by atoms with Crippen LogP contribution in [-0.2, 0) is 0 Å². The first-order valence-corrected chi connectivity index (χ1v) is 5.98. The Balaban J connectivity index is 1.91. The van der Waals surface area contributed by atoms with Crippen LogP contribution in [0.15, 0.2) is 53.1 Å². The number of carbonyl (C=O) groups excluding carboxylic acids is 1. The standard InChI is InChI=1S/C15H11FN2O2/c16-12-6-5-9(7-13(12)17)18-15(19)11-8-20-14-4-2-1-3-10(11)14/h1-8H,17H2,(H,18,19). The Bertz CT molecular complexity index is 795. The predicted molar refractivity (Wildman–Crippen MR) is 75.0 cm³/mol. The summed E-state index contributed by atoms with van der Waals surface area (Å²) in [6.45, 7) is 0. The fourth-order valence-electron chi connectivity index (χ4n) is 1.97. The summed E-state index contributed by atoms with van der Waals surface area (Å²) in [5, 5.41) is 3.38. The average Bonchev–Trinajstić information content (AvgIpc) is 2.87. The maximum Gasteiger partial charge on any atom is 0.259 e. The monoisotopic (exact) mass is 270 g/mol. The molecular weight excluding hydrogens is 259 g/mol. The molecule has 0 aliphatic carbocycles. The average molecular weight is 270 g/mol. The SMILES string of the molecule is Nc1cc(NC(=O)c2coc3ccccc23)ccc1F. The van der Waals surface area contributed by atoms with Gasteiger partial charge in [-0.15, -0.1) is 0 Å². The van der Waals surface area contributed by atoms with Gasteiger partial charge in [-0.2, -0.15) is 0 Å². The Kier molecular flexibility index (Phi) is 2.87. The summed E-state index contributed by atoms with van der Waals surface area (Å²) in [6.07, 6.45) is 1.40. The van der Waals surface area contributed by atoms with Crippen molar-refractivity contribution in [1.82, 2.24) is 0 Å². The highest BCUT2D eigenvalue weighted by Crippen LogP contribution is 2.22. The molecule has 0 aliphatic heterocycles. The van der Waals surface area contributed by atoms with Crippen molar-refractivity contribution in [2.75, 3.05) is 11.1 Å². The molecule has 0 bridgehead atoms. The van der Waals surface area contributed by atoms with E-state index in [1.807, 2.05) is 12.1 Å². The van der Waals surface area contributed by atoms with E-state index in [0.29, 0.717) is 16.8 Å². The molecule has 5 heteroatoms. The lowest BCUT2D eigenvalue weighted by atomic mass is 10.1. The zero-order chi connectivity index (χ0) is 14.1. The van der Waals surface area contributed by atoms with Gasteiger partial charge in [-0.1, -0.05) is 18.2 Å². The highest BCUT2D eigenvalue weighted by atomic mass is 19.1. The van der Waals surface area contributed by atoms with E-state index in [2.05, 4.69) is 5.32 Å². The molecule has 0 radical (unpaired) electrons. The molecule has 2 aromatic carbocycles. The number of rotatable bonds is 2. The number of carbonyl (C=O) groups is 1. The maximum atomic E-state index is 13.1. The molecule has 0 spiro atoms. The van der Waals surface area contributed by atoms with E-state index in [-0.39, 0.29) is 11.6 Å². The third kappa shape index (κ3) is 2.09. The molecule has 3 N–H and O–H groups in total. The third-order valence-corrected chi connectivity index (χ3v) is 2.98. The number of nitrogens with two attached hydrogens (primary N) is 1. The number of hydrogen-bond acceptors (Lipinski definition) is 3. The molecule has 0 saturated heterocycles. The summed E-state index contributed by atoms with van der Waals surface area (Å²) >= 11 is 0. The number of nitrogens with one attached hydrogen (secondary N) is 1. The number of para-hydroxylation sites is 1. The van der Waals surface area contributed by atoms with Gasteiger partial charge in [0.2, 0.25) is 0 Å². The number of benzene rings is 2. The Morgan fingerprint density at radius 2 is 2.00 bits per heavy atom. The van der Waals surface area contributed by atoms with E-state index in [9.17, 15) is 9.18 Å². The normalized spacial score (nSPS) is 10.7. The van der Waals surface area contributed by atoms with Gasteiger partial charge in [-0.25, -0.2) is 4.39 Å². The first kappa shape index (κ1) is 12.2. The van der Waals surface area contributed by atoms with Gasteiger partial charge in [0.15, 0.2) is 0 Å². The number of fused-ring (bicyclic) bond motifs is 1. The van der Waals surface area contributed by atoms with Crippen LogP contribution in [-0.4, -0.2) is 5.91 Å². The lowest BCUT2D eigenvalue weighted by molar-refractivity contribution is 0.102. The lowest BCUT2D eigenvalue weighted by Gasteiger charge is -2.05. The topological polar surface area (TPSA) is 68.3 Å². The second kappa shape index (κ2) is 4.70. The number of amides is 1. The number of halogens is 1. The quantitative estimate of drug-likeness (QED) is 0.701. The first-order chi connectivity index (χ1) is 9.65. The van der Waals surface area contributed by atoms with Gasteiger partial charge in [0.1, 0.15) is 17.7 Å². The van der Waals surface area contributed by atoms with E-state index in [0.717, 1.165) is 5.39 Å². The zero-order valence-electron chi connectivity index (χ0n) is 10.4. The molecule has 0 saturated carbocycles. The molecule has 1 aromatic heterocycles. The van der Waals surface area contributed by atoms with Crippen LogP contribution in [0.1, 0.15) is 10.4 Å². The number of anilines is 2. The minimum absolute atomic E-state index is 0.0140. The summed E-state index contributed by atoms with van der Waals surface area (Å²) in [4.78, 5) is 12.2. The Hall–Kier alpha value is -2.82. The zero-order valence-corrected chi connectivity index (χ0v) is 10.4. The van der Waals surface area contributed by atoms with Gasteiger partial charge in [0.05, 0.1) is 11.3 Å². The molecule has 100 valence electrons. The molecule has 3 rings (SSSR count). The number of hydrogen-bond donors (Lipinski definition) is 2. The van der Waals surface area contributed by atoms with Crippen molar-refractivity contribution in [3.63, 3.8) is 0 Å². The summed E-state index contributed by atoms with van der Waals surface area (Å²) < 4.78 is 18.4. The fourth-order valence-corrected chi connectivity index (χ4v) is 1.97. The fraction of sp³-hybridized carbons (Fsp3) is 0. The molecule has 0 atom stereocenters. The molecule has 3 aromatic rings. The predicted octanol–water partition coefficient (Wildman–Crippen LogP) is 3.41. The van der Waals surface area contributed by atoms with Crippen molar-refractivity contribution in [1.29, 1.82) is 0 Å². The van der Waals surface area contributed by atoms with Gasteiger partial charge < -0.3 is 15.5 Å². The maximum absolute atomic E-state index is 13.1. The van der Waals surface area contributed by atoms with Crippen LogP contribution in [0.25, 0.3) is 11.0 Å². The highest BCUT2D eigenvalue weighted by Gasteiger charge is 2.13. The molecule has 1 heterocycles. The molecular formula is C15H11FN2O2. The van der Waals surface area contributed by atoms with E-state index in [1.165, 1.54) is 24.5 Å². The summed E-state index contributed by atoms with van der Waals surface area (Å²) in [5.41, 5.74) is 6.93. The highest BCUT2D eigenvalue weighted by molar-refractivity contribution is 6.12. The number of furan rings is 1. The van der Waals surface area contributed by atoms with Crippen molar-refractivity contribution in [3.05, 3.63) is 60.1 Å². The molecule has 0 aliphatic rings. The van der Waals surface area contributed by atoms with Crippen LogP contribution in [0, 0.1) is 5.82 Å². The van der Waals surface area contributed by atoms with Crippen molar-refractivity contribution in [2.24, 2.45) is 0 Å². The van der Waals surface area contributed by atoms with Crippen LogP contribution in [0.5, 0.6) is 0 Å². The van der Waals surface area contributed by atoms with Crippen LogP contribution in [0.2, 0.25) is 0 Å². The van der Waals surface area contributed by atoms with Gasteiger partial charge in [0, 0.05) is 11.1 Å². The Labute approximate surface area is 114 Å². The van der Waals surface area contributed by atoms with Gasteiger partial charge in [-0.05, 0) is 24.3 Å². The second-order valence-corrected chi connectivity index (χ2v) is 4.34. The largest absolute Gasteiger partial charge is 0.463 e. The molecule has 20 heavy (non-hydrogen) atoms. The van der Waals surface area contributed by atoms with Crippen molar-refractivity contribution in [3.8, 4) is 0 Å². The van der Waals surface area contributed by atoms with Gasteiger partial charge in [0.25, 0.3) is 5.91 Å². The Morgan fingerprint density at radius 3 is 2.80 bits per heavy atom. The molecule has 1 amide bonds. The van der Waals surface area contributed by atoms with Crippen LogP contribution < -0.4 is 11.1 Å². The van der Waals surface area contributed by atoms with Crippen LogP contribution in [0.4, 0.5) is 15.8 Å². The summed E-state index contributed by atoms with van der Waals surface area (Å²) in [5.74, 6) is -0.849. The van der Waals surface area contributed by atoms with Crippen molar-refractivity contribution >= 4 is 28.3 Å². The second-order valence-electron chi connectivity index (χ2n) is 4.34. The van der Waals surface area contributed by atoms with Crippen LogP contribution >= 0.6 is 0 Å². The summed E-state index contributed by atoms with van der Waals surface area (Å²) in [6, 6.07) is 11.3. The first-order valence-electron chi connectivity index (χ1n) is 5.98. The van der Waals surface area contributed by atoms with Crippen molar-refractivity contribution < 1.29 is 13.6 Å². The van der Waals surface area contributed by atoms with Crippen molar-refractivity contribution in [2.45, 2.75) is 0 Å². The minimum atomic E-state index is -0.517. The van der Waals surface area contributed by atoms with E-state index >= 15 is 0 Å². The lowest BCUT2D eigenvalue weighted by Crippen LogP contribution is -2.11. The van der Waals surface area contributed by atoms with E-state index in [4.69, 9.17) is 10.2 Å². The van der Waals surface area contributed by atoms with Gasteiger partial charge in [-0.3, -0.25) is 4.79 Å². The third-order valence-electron chi connectivity index (χ3n) is 2.98. The summed E-state index contributed by atoms with van der Waals surface area (Å²) in [7, 11) is 0. The molecule has 0 unspecified atom stereocenters. The van der Waals surface area contributed by atoms with Crippen LogP contribution in [0.3, 0.4) is 0 Å². The number of nitrogen functional groups attached to an aromatic ring is 1. The smallest absolute Gasteiger partial charge is 0.259 e. The van der Waals surface area contributed by atoms with E-state index in [1.54, 1.807) is 12.1 Å². The molecule has 4 nitrogen and oxygen atoms in total. The minimum Gasteiger partial charge on any atom is -0.463 e. The van der Waals surface area contributed by atoms with Gasteiger partial charge >= 0.3 is 0 Å².